The number of nitrogens with two attached hydrogens (primary N) is 1. The molecule has 1 aliphatic heterocycles. The second-order valence-corrected chi connectivity index (χ2v) is 3.40. The Morgan fingerprint density at radius 2 is 2.36 bits per heavy atom. The lowest BCUT2D eigenvalue weighted by molar-refractivity contribution is 0.551. The predicted octanol–water partition coefficient (Wildman–Crippen LogP) is 0.0345. The van der Waals surface area contributed by atoms with Crippen molar-refractivity contribution in [2.75, 3.05) is 6.54 Å². The quantitative estimate of drug-likeness (QED) is 0.581. The fraction of sp³-hybridized carbons (Fsp3) is 0.300. The average Bonchev–Trinajstić information content (AvgIpc) is 2.65. The van der Waals surface area contributed by atoms with Crippen molar-refractivity contribution in [3.63, 3.8) is 0 Å². The molecule has 4 heteroatoms. The molecular weight excluding hydrogens is 176 g/mol. The summed E-state index contributed by atoms with van der Waals surface area (Å²) in [7, 11) is 0. The molecule has 2 unspecified atom stereocenters. The highest BCUT2D eigenvalue weighted by Gasteiger charge is 2.24. The van der Waals surface area contributed by atoms with E-state index in [9.17, 15) is 0 Å². The largest absolute Gasteiger partial charge is 0.325 e. The highest BCUT2D eigenvalue weighted by molar-refractivity contribution is 5.35. The highest BCUT2D eigenvalue weighted by atomic mass is 15.4. The normalized spacial score (nSPS) is 26.0. The number of nitrogens with one attached hydrogen (secondary N) is 2. The first kappa shape index (κ1) is 9.16. The van der Waals surface area contributed by atoms with E-state index in [1.165, 1.54) is 0 Å². The Kier molecular flexibility index (Phi) is 2.46. The van der Waals surface area contributed by atoms with Gasteiger partial charge in [0.1, 0.15) is 0 Å². The predicted molar refractivity (Wildman–Crippen MR) is 53.0 cm³/mol. The fourth-order valence-corrected chi connectivity index (χ4v) is 1.64. The minimum Gasteiger partial charge on any atom is -0.325 e. The Labute approximate surface area is 82.7 Å². The molecule has 0 spiro atoms. The molecule has 0 radical (unpaired) electrons. The van der Waals surface area contributed by atoms with Gasteiger partial charge in [0.05, 0.1) is 17.7 Å². The Morgan fingerprint density at radius 3 is 3.00 bits per heavy atom. The first-order chi connectivity index (χ1) is 6.81. The van der Waals surface area contributed by atoms with Crippen molar-refractivity contribution in [2.45, 2.75) is 12.1 Å². The monoisotopic (exact) mass is 188 g/mol. The van der Waals surface area contributed by atoms with Crippen molar-refractivity contribution < 1.29 is 0 Å². The molecule has 0 amide bonds. The van der Waals surface area contributed by atoms with Crippen molar-refractivity contribution in [3.8, 4) is 6.07 Å². The van der Waals surface area contributed by atoms with E-state index in [4.69, 9.17) is 11.0 Å². The van der Waals surface area contributed by atoms with E-state index >= 15 is 0 Å². The van der Waals surface area contributed by atoms with Crippen LogP contribution >= 0.6 is 0 Å². The van der Waals surface area contributed by atoms with Crippen LogP contribution in [0.3, 0.4) is 0 Å². The van der Waals surface area contributed by atoms with Crippen LogP contribution in [0.4, 0.5) is 0 Å². The summed E-state index contributed by atoms with van der Waals surface area (Å²) < 4.78 is 0. The van der Waals surface area contributed by atoms with Crippen LogP contribution in [0.1, 0.15) is 17.2 Å². The molecule has 1 heterocycles. The molecule has 0 saturated carbocycles. The van der Waals surface area contributed by atoms with Gasteiger partial charge >= 0.3 is 0 Å². The maximum atomic E-state index is 8.75. The van der Waals surface area contributed by atoms with Gasteiger partial charge < -0.3 is 5.73 Å². The van der Waals surface area contributed by atoms with E-state index in [1.54, 1.807) is 6.07 Å². The number of hydrogen-bond donors (Lipinski definition) is 3. The van der Waals surface area contributed by atoms with Gasteiger partial charge in [-0.1, -0.05) is 12.1 Å². The molecule has 1 aromatic rings. The molecule has 2 rings (SSSR count). The van der Waals surface area contributed by atoms with E-state index in [2.05, 4.69) is 16.9 Å². The first-order valence-electron chi connectivity index (χ1n) is 4.55. The van der Waals surface area contributed by atoms with Crippen LogP contribution < -0.4 is 16.6 Å². The lowest BCUT2D eigenvalue weighted by atomic mass is 10.0. The number of benzene rings is 1. The van der Waals surface area contributed by atoms with Crippen LogP contribution in [0, 0.1) is 11.3 Å². The molecule has 0 aromatic heterocycles. The zero-order chi connectivity index (χ0) is 9.97. The molecule has 4 N–H and O–H groups in total. The second kappa shape index (κ2) is 3.76. The van der Waals surface area contributed by atoms with Crippen LogP contribution in [0.2, 0.25) is 0 Å². The first-order valence-corrected chi connectivity index (χ1v) is 4.55. The topological polar surface area (TPSA) is 73.9 Å². The van der Waals surface area contributed by atoms with Gasteiger partial charge in [0.15, 0.2) is 0 Å². The molecular formula is C10H12N4. The van der Waals surface area contributed by atoms with Crippen LogP contribution in [0.15, 0.2) is 24.3 Å². The summed E-state index contributed by atoms with van der Waals surface area (Å²) in [5, 5.41) is 8.75. The Morgan fingerprint density at radius 1 is 1.50 bits per heavy atom. The molecule has 2 atom stereocenters. The Bertz CT molecular complexity index is 369. The summed E-state index contributed by atoms with van der Waals surface area (Å²) in [5.74, 6) is 0. The SMILES string of the molecule is N#Cc1cccc(C2NNCC2N)c1. The molecule has 72 valence electrons. The van der Waals surface area contributed by atoms with Gasteiger partial charge in [-0.3, -0.25) is 5.43 Å². The number of nitriles is 1. The van der Waals surface area contributed by atoms with Crippen LogP contribution in [-0.4, -0.2) is 12.6 Å². The maximum absolute atomic E-state index is 8.75. The molecule has 1 saturated heterocycles. The van der Waals surface area contributed by atoms with Crippen molar-refractivity contribution in [2.24, 2.45) is 5.73 Å². The minimum atomic E-state index is 0.0592. The Hall–Kier alpha value is -1.41. The van der Waals surface area contributed by atoms with Crippen LogP contribution in [-0.2, 0) is 0 Å². The van der Waals surface area contributed by atoms with Gasteiger partial charge in [0.25, 0.3) is 0 Å². The molecule has 1 fully saturated rings. The highest BCUT2D eigenvalue weighted by Crippen LogP contribution is 2.18. The van der Waals surface area contributed by atoms with Crippen molar-refractivity contribution >= 4 is 0 Å². The third kappa shape index (κ3) is 1.61. The summed E-state index contributed by atoms with van der Waals surface area (Å²) in [4.78, 5) is 0. The smallest absolute Gasteiger partial charge is 0.0991 e. The Balaban J connectivity index is 2.28. The zero-order valence-corrected chi connectivity index (χ0v) is 7.70. The zero-order valence-electron chi connectivity index (χ0n) is 7.70. The summed E-state index contributed by atoms with van der Waals surface area (Å²) >= 11 is 0. The lowest BCUT2D eigenvalue weighted by Gasteiger charge is -2.14. The summed E-state index contributed by atoms with van der Waals surface area (Å²) in [6.45, 7) is 0.751. The van der Waals surface area contributed by atoms with Gasteiger partial charge in [-0.05, 0) is 17.7 Å². The molecule has 14 heavy (non-hydrogen) atoms. The van der Waals surface area contributed by atoms with Crippen LogP contribution in [0.5, 0.6) is 0 Å². The maximum Gasteiger partial charge on any atom is 0.0991 e. The standard InChI is InChI=1S/C10H12N4/c11-5-7-2-1-3-8(4-7)10-9(12)6-13-14-10/h1-4,9-10,13-14H,6,12H2. The van der Waals surface area contributed by atoms with E-state index in [-0.39, 0.29) is 12.1 Å². The average molecular weight is 188 g/mol. The van der Waals surface area contributed by atoms with Gasteiger partial charge in [-0.25, -0.2) is 5.43 Å². The van der Waals surface area contributed by atoms with Gasteiger partial charge in [-0.2, -0.15) is 5.26 Å². The molecule has 0 aliphatic carbocycles. The summed E-state index contributed by atoms with van der Waals surface area (Å²) in [6.07, 6.45) is 0. The molecule has 0 bridgehead atoms. The molecule has 4 nitrogen and oxygen atoms in total. The number of rotatable bonds is 1. The van der Waals surface area contributed by atoms with Crippen LogP contribution in [0.25, 0.3) is 0 Å². The molecule has 1 aliphatic rings. The van der Waals surface area contributed by atoms with E-state index in [0.717, 1.165) is 12.1 Å². The summed E-state index contributed by atoms with van der Waals surface area (Å²) in [6, 6.07) is 9.78. The van der Waals surface area contributed by atoms with Crippen molar-refractivity contribution in [3.05, 3.63) is 35.4 Å². The second-order valence-electron chi connectivity index (χ2n) is 3.40. The third-order valence-corrected chi connectivity index (χ3v) is 2.40. The van der Waals surface area contributed by atoms with Gasteiger partial charge in [-0.15, -0.1) is 0 Å². The fourth-order valence-electron chi connectivity index (χ4n) is 1.64. The molecule has 1 aromatic carbocycles. The van der Waals surface area contributed by atoms with E-state index < -0.39 is 0 Å². The van der Waals surface area contributed by atoms with Gasteiger partial charge in [0, 0.05) is 12.6 Å². The lowest BCUT2D eigenvalue weighted by Crippen LogP contribution is -2.29. The van der Waals surface area contributed by atoms with Crippen molar-refractivity contribution in [1.29, 1.82) is 5.26 Å². The van der Waals surface area contributed by atoms with Crippen molar-refractivity contribution in [1.82, 2.24) is 10.9 Å². The third-order valence-electron chi connectivity index (χ3n) is 2.40. The van der Waals surface area contributed by atoms with E-state index in [0.29, 0.717) is 5.56 Å². The number of nitrogens with zero attached hydrogens (tertiary/aromatic N) is 1. The number of hydrogen-bond acceptors (Lipinski definition) is 4. The van der Waals surface area contributed by atoms with Gasteiger partial charge in [0.2, 0.25) is 0 Å². The van der Waals surface area contributed by atoms with E-state index in [1.807, 2.05) is 18.2 Å². The number of hydrazine groups is 1. The summed E-state index contributed by atoms with van der Waals surface area (Å²) in [5.41, 5.74) is 13.7. The minimum absolute atomic E-state index is 0.0592.